The van der Waals surface area contributed by atoms with Crippen molar-refractivity contribution in [3.63, 3.8) is 0 Å². The van der Waals surface area contributed by atoms with Crippen molar-refractivity contribution in [1.82, 2.24) is 10.9 Å². The van der Waals surface area contributed by atoms with Gasteiger partial charge in [0.2, 0.25) is 5.91 Å². The van der Waals surface area contributed by atoms with E-state index < -0.39 is 23.6 Å². The molecular formula is C14H16N2O6. The number of carboxylic acids is 1. The Labute approximate surface area is 126 Å². The molecule has 8 nitrogen and oxygen atoms in total. The summed E-state index contributed by atoms with van der Waals surface area (Å²) in [5.41, 5.74) is 4.18. The molecule has 1 aromatic carbocycles. The number of hydrazine groups is 1. The predicted molar refractivity (Wildman–Crippen MR) is 73.9 cm³/mol. The zero-order valence-corrected chi connectivity index (χ0v) is 11.9. The Balaban J connectivity index is 1.93. The number of carbonyl (C=O) groups excluding carboxylic acids is 2. The summed E-state index contributed by atoms with van der Waals surface area (Å²) in [5, 5.41) is 9.02. The molecule has 0 radical (unpaired) electrons. The Morgan fingerprint density at radius 2 is 1.73 bits per heavy atom. The molecule has 22 heavy (non-hydrogen) atoms. The second kappa shape index (κ2) is 6.54. The van der Waals surface area contributed by atoms with Gasteiger partial charge < -0.3 is 14.6 Å². The van der Waals surface area contributed by atoms with E-state index in [1.807, 2.05) is 0 Å². The number of carbonyl (C=O) groups is 3. The SMILES string of the molecule is CC1(CC(=O)NNC(=O)c2ccccc2C(=O)O)OCCO1. The highest BCUT2D eigenvalue weighted by molar-refractivity contribution is 6.05. The summed E-state index contributed by atoms with van der Waals surface area (Å²) < 4.78 is 10.6. The minimum Gasteiger partial charge on any atom is -0.478 e. The molecule has 1 aliphatic rings. The van der Waals surface area contributed by atoms with Crippen LogP contribution in [-0.2, 0) is 14.3 Å². The van der Waals surface area contributed by atoms with Gasteiger partial charge in [0, 0.05) is 0 Å². The van der Waals surface area contributed by atoms with Gasteiger partial charge in [-0.3, -0.25) is 20.4 Å². The van der Waals surface area contributed by atoms with E-state index >= 15 is 0 Å². The van der Waals surface area contributed by atoms with Crippen LogP contribution in [0.25, 0.3) is 0 Å². The van der Waals surface area contributed by atoms with E-state index in [1.54, 1.807) is 6.92 Å². The van der Waals surface area contributed by atoms with Crippen molar-refractivity contribution < 1.29 is 29.0 Å². The van der Waals surface area contributed by atoms with Crippen molar-refractivity contribution in [3.05, 3.63) is 35.4 Å². The molecule has 1 aliphatic heterocycles. The summed E-state index contributed by atoms with van der Waals surface area (Å²) in [6.07, 6.45) is -0.0894. The van der Waals surface area contributed by atoms with Crippen LogP contribution in [0, 0.1) is 0 Å². The third-order valence-electron chi connectivity index (χ3n) is 3.10. The van der Waals surface area contributed by atoms with Gasteiger partial charge in [-0.1, -0.05) is 12.1 Å². The molecule has 2 amide bonds. The maximum absolute atomic E-state index is 11.9. The van der Waals surface area contributed by atoms with Crippen molar-refractivity contribution in [2.75, 3.05) is 13.2 Å². The highest BCUT2D eigenvalue weighted by Crippen LogP contribution is 2.21. The van der Waals surface area contributed by atoms with Crippen LogP contribution in [0.3, 0.4) is 0 Å². The quantitative estimate of drug-likeness (QED) is 0.689. The van der Waals surface area contributed by atoms with Crippen LogP contribution in [0.5, 0.6) is 0 Å². The van der Waals surface area contributed by atoms with Gasteiger partial charge in [0.1, 0.15) is 0 Å². The summed E-state index contributed by atoms with van der Waals surface area (Å²) >= 11 is 0. The second-order valence-electron chi connectivity index (χ2n) is 4.86. The van der Waals surface area contributed by atoms with Gasteiger partial charge in [-0.15, -0.1) is 0 Å². The summed E-state index contributed by atoms with van der Waals surface area (Å²) in [6, 6.07) is 5.70. The number of ether oxygens (including phenoxy) is 2. The number of aromatic carboxylic acids is 1. The third-order valence-corrected chi connectivity index (χ3v) is 3.10. The average molecular weight is 308 g/mol. The lowest BCUT2D eigenvalue weighted by Crippen LogP contribution is -2.45. The number of benzene rings is 1. The number of hydrogen-bond acceptors (Lipinski definition) is 5. The van der Waals surface area contributed by atoms with Gasteiger partial charge in [0.05, 0.1) is 30.8 Å². The molecule has 1 saturated heterocycles. The Hall–Kier alpha value is -2.45. The first-order chi connectivity index (χ1) is 10.4. The molecular weight excluding hydrogens is 292 g/mol. The van der Waals surface area contributed by atoms with Crippen LogP contribution in [-0.4, -0.2) is 41.9 Å². The zero-order chi connectivity index (χ0) is 16.2. The lowest BCUT2D eigenvalue weighted by molar-refractivity contribution is -0.160. The fraction of sp³-hybridized carbons (Fsp3) is 0.357. The molecule has 1 fully saturated rings. The number of rotatable bonds is 4. The molecule has 1 aromatic rings. The predicted octanol–water partition coefficient (Wildman–Crippen LogP) is 0.299. The van der Waals surface area contributed by atoms with Gasteiger partial charge >= 0.3 is 5.97 Å². The number of hydrogen-bond donors (Lipinski definition) is 3. The molecule has 0 atom stereocenters. The minimum atomic E-state index is -1.22. The van der Waals surface area contributed by atoms with E-state index in [1.165, 1.54) is 24.3 Å². The molecule has 0 saturated carbocycles. The zero-order valence-electron chi connectivity index (χ0n) is 11.9. The molecule has 0 bridgehead atoms. The summed E-state index contributed by atoms with van der Waals surface area (Å²) in [7, 11) is 0. The highest BCUT2D eigenvalue weighted by atomic mass is 16.7. The molecule has 118 valence electrons. The van der Waals surface area contributed by atoms with Gasteiger partial charge in [-0.2, -0.15) is 0 Å². The van der Waals surface area contributed by atoms with E-state index in [4.69, 9.17) is 14.6 Å². The van der Waals surface area contributed by atoms with Gasteiger partial charge in [-0.05, 0) is 19.1 Å². The smallest absolute Gasteiger partial charge is 0.336 e. The van der Waals surface area contributed by atoms with Crippen LogP contribution < -0.4 is 10.9 Å². The lowest BCUT2D eigenvalue weighted by Gasteiger charge is -2.21. The highest BCUT2D eigenvalue weighted by Gasteiger charge is 2.33. The summed E-state index contributed by atoms with van der Waals surface area (Å²) in [6.45, 7) is 2.44. The molecule has 8 heteroatoms. The Kier molecular flexibility index (Phi) is 4.74. The molecule has 1 heterocycles. The van der Waals surface area contributed by atoms with Crippen LogP contribution in [0.15, 0.2) is 24.3 Å². The Bertz CT molecular complexity index is 595. The fourth-order valence-electron chi connectivity index (χ4n) is 2.06. The van der Waals surface area contributed by atoms with Gasteiger partial charge in [-0.25, -0.2) is 4.79 Å². The largest absolute Gasteiger partial charge is 0.478 e. The van der Waals surface area contributed by atoms with Crippen molar-refractivity contribution >= 4 is 17.8 Å². The topological polar surface area (TPSA) is 114 Å². The lowest BCUT2D eigenvalue weighted by atomic mass is 10.1. The monoisotopic (exact) mass is 308 g/mol. The third kappa shape index (κ3) is 3.80. The normalized spacial score (nSPS) is 16.0. The first-order valence-electron chi connectivity index (χ1n) is 6.61. The first-order valence-corrected chi connectivity index (χ1v) is 6.61. The van der Waals surface area contributed by atoms with Crippen molar-refractivity contribution in [1.29, 1.82) is 0 Å². The fourth-order valence-corrected chi connectivity index (χ4v) is 2.06. The van der Waals surface area contributed by atoms with Gasteiger partial charge in [0.15, 0.2) is 5.79 Å². The van der Waals surface area contributed by atoms with Crippen molar-refractivity contribution in [3.8, 4) is 0 Å². The van der Waals surface area contributed by atoms with Crippen LogP contribution >= 0.6 is 0 Å². The number of carboxylic acid groups (broad SMARTS) is 1. The minimum absolute atomic E-state index is 0.0464. The number of amides is 2. The maximum atomic E-state index is 11.9. The van der Waals surface area contributed by atoms with E-state index in [2.05, 4.69) is 10.9 Å². The summed E-state index contributed by atoms with van der Waals surface area (Å²) in [5.74, 6) is -3.46. The van der Waals surface area contributed by atoms with E-state index in [0.717, 1.165) is 0 Å². The average Bonchev–Trinajstić information content (AvgIpc) is 2.91. The van der Waals surface area contributed by atoms with Crippen LogP contribution in [0.2, 0.25) is 0 Å². The van der Waals surface area contributed by atoms with Gasteiger partial charge in [0.25, 0.3) is 5.91 Å². The van der Waals surface area contributed by atoms with Crippen LogP contribution in [0.4, 0.5) is 0 Å². The van der Waals surface area contributed by atoms with E-state index in [0.29, 0.717) is 13.2 Å². The summed E-state index contributed by atoms with van der Waals surface area (Å²) in [4.78, 5) is 34.7. The molecule has 0 aliphatic carbocycles. The van der Waals surface area contributed by atoms with Crippen molar-refractivity contribution in [2.24, 2.45) is 0 Å². The Morgan fingerprint density at radius 1 is 1.14 bits per heavy atom. The second-order valence-corrected chi connectivity index (χ2v) is 4.86. The number of nitrogens with one attached hydrogen (secondary N) is 2. The maximum Gasteiger partial charge on any atom is 0.336 e. The molecule has 2 rings (SSSR count). The standard InChI is InChI=1S/C14H16N2O6/c1-14(21-6-7-22-14)8-11(17)15-16-12(18)9-4-2-3-5-10(9)13(19)20/h2-5H,6-8H2,1H3,(H,15,17)(H,16,18)(H,19,20). The molecule has 0 unspecified atom stereocenters. The molecule has 3 N–H and O–H groups in total. The van der Waals surface area contributed by atoms with Crippen molar-refractivity contribution in [2.45, 2.75) is 19.1 Å². The van der Waals surface area contributed by atoms with E-state index in [-0.39, 0.29) is 17.5 Å². The molecule has 0 aromatic heterocycles. The Morgan fingerprint density at radius 3 is 2.32 bits per heavy atom. The molecule has 0 spiro atoms. The first kappa shape index (κ1) is 15.9. The van der Waals surface area contributed by atoms with Crippen LogP contribution in [0.1, 0.15) is 34.1 Å². The van der Waals surface area contributed by atoms with E-state index in [9.17, 15) is 14.4 Å².